The summed E-state index contributed by atoms with van der Waals surface area (Å²) in [5.41, 5.74) is 3.45. The van der Waals surface area contributed by atoms with Gasteiger partial charge in [0.15, 0.2) is 0 Å². The molecule has 0 N–H and O–H groups in total. The van der Waals surface area contributed by atoms with E-state index in [0.29, 0.717) is 0 Å². The molecule has 0 aliphatic rings. The Morgan fingerprint density at radius 3 is 1.37 bits per heavy atom. The Morgan fingerprint density at radius 2 is 0.714 bits per heavy atom. The summed E-state index contributed by atoms with van der Waals surface area (Å²) < 4.78 is 0. The second kappa shape index (κ2) is 10.0. The van der Waals surface area contributed by atoms with Crippen molar-refractivity contribution in [1.29, 1.82) is 0 Å². The van der Waals surface area contributed by atoms with E-state index in [1.807, 2.05) is 0 Å². The van der Waals surface area contributed by atoms with Crippen molar-refractivity contribution in [2.45, 2.75) is 0 Å². The third-order valence-electron chi connectivity index (χ3n) is 10.7. The van der Waals surface area contributed by atoms with Gasteiger partial charge >= 0.3 is 0 Å². The Labute approximate surface area is 283 Å². The Bertz CT molecular complexity index is 3100. The monoisotopic (exact) mass is 619 g/mol. The Kier molecular flexibility index (Phi) is 5.45. The van der Waals surface area contributed by atoms with Gasteiger partial charge in [0.1, 0.15) is 0 Å². The molecule has 0 bridgehead atoms. The van der Waals surface area contributed by atoms with Crippen molar-refractivity contribution in [2.75, 3.05) is 4.90 Å². The van der Waals surface area contributed by atoms with Crippen LogP contribution in [0.2, 0.25) is 0 Å². The van der Waals surface area contributed by atoms with Crippen LogP contribution in [0.3, 0.4) is 0 Å². The first-order valence-corrected chi connectivity index (χ1v) is 17.0. The van der Waals surface area contributed by atoms with Gasteiger partial charge in [-0.25, -0.2) is 0 Å². The molecule has 0 heterocycles. The van der Waals surface area contributed by atoms with Crippen molar-refractivity contribution in [3.63, 3.8) is 0 Å². The number of nitrogens with zero attached hydrogens (tertiary/aromatic N) is 1. The highest BCUT2D eigenvalue weighted by Crippen LogP contribution is 2.47. The summed E-state index contributed by atoms with van der Waals surface area (Å²) in [5.74, 6) is 0. The van der Waals surface area contributed by atoms with Crippen molar-refractivity contribution in [3.8, 4) is 0 Å². The standard InChI is InChI=1S/C48H29N/c1-2-15-35(16-3-1)49(44-28-33-11-4-5-17-37(33)38-18-6-7-19-39(38)44)36-27-34-26-25-32-13-9-21-41-40-20-8-12-30-23-24-31-14-10-22-42(47(31)45(30)40)43(29-36)48(34)46(32)41/h1-29H. The Balaban J connectivity index is 1.36. The molecule has 0 saturated carbocycles. The molecule has 0 aliphatic heterocycles. The second-order valence-electron chi connectivity index (χ2n) is 13.3. The molecule has 11 aromatic rings. The van der Waals surface area contributed by atoms with Gasteiger partial charge in [-0.15, -0.1) is 0 Å². The average Bonchev–Trinajstić information content (AvgIpc) is 3.16. The van der Waals surface area contributed by atoms with E-state index in [0.717, 1.165) is 11.4 Å². The van der Waals surface area contributed by atoms with Crippen molar-refractivity contribution >= 4 is 103 Å². The summed E-state index contributed by atoms with van der Waals surface area (Å²) in [6.07, 6.45) is 0. The lowest BCUT2D eigenvalue weighted by atomic mass is 9.87. The summed E-state index contributed by atoms with van der Waals surface area (Å²) in [6.45, 7) is 0. The van der Waals surface area contributed by atoms with Gasteiger partial charge in [0.2, 0.25) is 0 Å². The largest absolute Gasteiger partial charge is 0.310 e. The first-order valence-electron chi connectivity index (χ1n) is 17.0. The van der Waals surface area contributed by atoms with Gasteiger partial charge < -0.3 is 4.90 Å². The van der Waals surface area contributed by atoms with Crippen molar-refractivity contribution in [3.05, 3.63) is 176 Å². The van der Waals surface area contributed by atoms with Crippen molar-refractivity contribution in [1.82, 2.24) is 0 Å². The molecule has 0 saturated heterocycles. The highest BCUT2D eigenvalue weighted by molar-refractivity contribution is 6.37. The number of rotatable bonds is 3. The number of hydrogen-bond donors (Lipinski definition) is 0. The quantitative estimate of drug-likeness (QED) is 0.178. The molecule has 0 spiro atoms. The Morgan fingerprint density at radius 1 is 0.245 bits per heavy atom. The predicted molar refractivity (Wildman–Crippen MR) is 212 cm³/mol. The van der Waals surface area contributed by atoms with Gasteiger partial charge in [-0.1, -0.05) is 146 Å². The zero-order chi connectivity index (χ0) is 32.1. The van der Waals surface area contributed by atoms with Crippen LogP contribution in [-0.2, 0) is 0 Å². The molecule has 11 rings (SSSR count). The van der Waals surface area contributed by atoms with Gasteiger partial charge in [0, 0.05) is 16.8 Å². The third-order valence-corrected chi connectivity index (χ3v) is 10.7. The number of hydrogen-bond acceptors (Lipinski definition) is 1. The minimum absolute atomic E-state index is 1.13. The molecule has 11 aromatic carbocycles. The second-order valence-corrected chi connectivity index (χ2v) is 13.3. The summed E-state index contributed by atoms with van der Waals surface area (Å²) in [6, 6.07) is 65.3. The molecule has 0 atom stereocenters. The van der Waals surface area contributed by atoms with Gasteiger partial charge in [-0.2, -0.15) is 0 Å². The molecule has 0 radical (unpaired) electrons. The van der Waals surface area contributed by atoms with E-state index >= 15 is 0 Å². The molecule has 226 valence electrons. The normalized spacial score (nSPS) is 12.1. The van der Waals surface area contributed by atoms with Crippen LogP contribution < -0.4 is 4.90 Å². The van der Waals surface area contributed by atoms with Crippen LogP contribution in [0.5, 0.6) is 0 Å². The minimum Gasteiger partial charge on any atom is -0.310 e. The number of benzene rings is 10. The van der Waals surface area contributed by atoms with Gasteiger partial charge in [0.05, 0.1) is 5.69 Å². The highest BCUT2D eigenvalue weighted by Gasteiger charge is 2.21. The lowest BCUT2D eigenvalue weighted by Crippen LogP contribution is -2.10. The zero-order valence-corrected chi connectivity index (χ0v) is 26.7. The molecule has 1 nitrogen and oxygen atoms in total. The van der Waals surface area contributed by atoms with Crippen molar-refractivity contribution < 1.29 is 0 Å². The lowest BCUT2D eigenvalue weighted by Gasteiger charge is -2.28. The molecule has 0 fully saturated rings. The van der Waals surface area contributed by atoms with Crippen molar-refractivity contribution in [2.24, 2.45) is 0 Å². The maximum Gasteiger partial charge on any atom is 0.0546 e. The average molecular weight is 620 g/mol. The van der Waals surface area contributed by atoms with E-state index < -0.39 is 0 Å². The van der Waals surface area contributed by atoms with E-state index in [4.69, 9.17) is 0 Å². The van der Waals surface area contributed by atoms with Crippen LogP contribution >= 0.6 is 0 Å². The van der Waals surface area contributed by atoms with E-state index in [9.17, 15) is 0 Å². The summed E-state index contributed by atoms with van der Waals surface area (Å²) in [4.78, 5) is 2.47. The maximum absolute atomic E-state index is 2.47. The molecule has 0 aromatic heterocycles. The van der Waals surface area contributed by atoms with Crippen LogP contribution in [0.25, 0.3) is 86.2 Å². The van der Waals surface area contributed by atoms with Gasteiger partial charge in [-0.3, -0.25) is 0 Å². The van der Waals surface area contributed by atoms with Gasteiger partial charge in [-0.05, 0) is 111 Å². The van der Waals surface area contributed by atoms with E-state index in [2.05, 4.69) is 181 Å². The van der Waals surface area contributed by atoms with Crippen LogP contribution in [-0.4, -0.2) is 0 Å². The fourth-order valence-electron chi connectivity index (χ4n) is 8.62. The zero-order valence-electron chi connectivity index (χ0n) is 26.7. The predicted octanol–water partition coefficient (Wildman–Crippen LogP) is 13.8. The third kappa shape index (κ3) is 3.76. The van der Waals surface area contributed by atoms with E-state index in [1.54, 1.807) is 0 Å². The molecular formula is C48H29N. The molecule has 0 amide bonds. The Hall–Kier alpha value is -6.44. The molecule has 1 heteroatoms. The van der Waals surface area contributed by atoms with Crippen LogP contribution in [0, 0.1) is 0 Å². The summed E-state index contributed by atoms with van der Waals surface area (Å²) >= 11 is 0. The molecule has 49 heavy (non-hydrogen) atoms. The minimum atomic E-state index is 1.13. The van der Waals surface area contributed by atoms with Gasteiger partial charge in [0.25, 0.3) is 0 Å². The maximum atomic E-state index is 2.47. The first kappa shape index (κ1) is 26.6. The van der Waals surface area contributed by atoms with Crippen LogP contribution in [0.4, 0.5) is 17.1 Å². The summed E-state index contributed by atoms with van der Waals surface area (Å²) in [5, 5.41) is 20.5. The van der Waals surface area contributed by atoms with E-state index in [1.165, 1.54) is 91.9 Å². The molecular weight excluding hydrogens is 591 g/mol. The smallest absolute Gasteiger partial charge is 0.0546 e. The lowest BCUT2D eigenvalue weighted by molar-refractivity contribution is 1.31. The SMILES string of the molecule is c1ccc(N(c2cc3ccc4cccc5c6cccc7ccc8cccc(c(c2)c3c45)c8c76)c2cc3ccccc3c3ccccc23)cc1. The van der Waals surface area contributed by atoms with Crippen LogP contribution in [0.15, 0.2) is 176 Å². The fourth-order valence-corrected chi connectivity index (χ4v) is 8.62. The topological polar surface area (TPSA) is 3.24 Å². The van der Waals surface area contributed by atoms with E-state index in [-0.39, 0.29) is 0 Å². The molecule has 0 aliphatic carbocycles. The number of anilines is 3. The fraction of sp³-hybridized carbons (Fsp3) is 0. The molecule has 0 unspecified atom stereocenters. The first-order chi connectivity index (χ1) is 24.3. The summed E-state index contributed by atoms with van der Waals surface area (Å²) in [7, 11) is 0. The van der Waals surface area contributed by atoms with Crippen LogP contribution in [0.1, 0.15) is 0 Å². The highest BCUT2D eigenvalue weighted by atomic mass is 15.1. The number of para-hydroxylation sites is 1. The number of fused-ring (bicyclic) bond motifs is 5.